The fraction of sp³-hybridized carbons (Fsp3) is 0.800. The number of carboxylic acid groups (broad SMARTS) is 1. The predicted molar refractivity (Wildman–Crippen MR) is 51.8 cm³/mol. The summed E-state index contributed by atoms with van der Waals surface area (Å²) in [5.41, 5.74) is 0. The molecule has 1 atom stereocenters. The lowest BCUT2D eigenvalue weighted by Crippen LogP contribution is -2.33. The second-order valence-electron chi connectivity index (χ2n) is 3.84. The van der Waals surface area contributed by atoms with Crippen molar-refractivity contribution < 1.29 is 14.7 Å². The Morgan fingerprint density at radius 2 is 2.14 bits per heavy atom. The first-order valence-electron chi connectivity index (χ1n) is 5.15. The first-order valence-corrected chi connectivity index (χ1v) is 5.15. The molecule has 1 saturated carbocycles. The third-order valence-electron chi connectivity index (χ3n) is 2.46. The van der Waals surface area contributed by atoms with Crippen molar-refractivity contribution in [3.05, 3.63) is 0 Å². The third kappa shape index (κ3) is 3.36. The molecule has 0 bridgehead atoms. The monoisotopic (exact) mass is 199 g/mol. The first kappa shape index (κ1) is 11.0. The fourth-order valence-electron chi connectivity index (χ4n) is 1.37. The van der Waals surface area contributed by atoms with E-state index in [0.29, 0.717) is 6.42 Å². The van der Waals surface area contributed by atoms with Crippen molar-refractivity contribution >= 4 is 11.9 Å². The third-order valence-corrected chi connectivity index (χ3v) is 2.46. The zero-order chi connectivity index (χ0) is 10.6. The van der Waals surface area contributed by atoms with E-state index < -0.39 is 11.9 Å². The standard InChI is InChI=1S/C10H17NO3/c1-2-3-8(10(13)14)6-11-9(12)7-4-5-7/h7-8H,2-6H2,1H3,(H,11,12)(H,13,14). The van der Waals surface area contributed by atoms with Gasteiger partial charge in [-0.25, -0.2) is 0 Å². The number of carbonyl (C=O) groups is 2. The number of carbonyl (C=O) groups excluding carboxylic acids is 1. The molecule has 0 saturated heterocycles. The number of aliphatic carboxylic acids is 1. The quantitative estimate of drug-likeness (QED) is 0.671. The van der Waals surface area contributed by atoms with Crippen LogP contribution in [0.4, 0.5) is 0 Å². The molecule has 0 heterocycles. The number of amides is 1. The Hall–Kier alpha value is -1.06. The molecule has 1 aliphatic rings. The summed E-state index contributed by atoms with van der Waals surface area (Å²) in [6.45, 7) is 2.22. The summed E-state index contributed by atoms with van der Waals surface area (Å²) in [4.78, 5) is 22.0. The highest BCUT2D eigenvalue weighted by molar-refractivity contribution is 5.81. The van der Waals surface area contributed by atoms with Crippen LogP contribution < -0.4 is 5.32 Å². The molecule has 1 aliphatic carbocycles. The van der Waals surface area contributed by atoms with Crippen LogP contribution in [0.5, 0.6) is 0 Å². The topological polar surface area (TPSA) is 66.4 Å². The zero-order valence-corrected chi connectivity index (χ0v) is 8.45. The average Bonchev–Trinajstić information content (AvgIpc) is 2.94. The molecule has 2 N–H and O–H groups in total. The minimum atomic E-state index is -0.817. The first-order chi connectivity index (χ1) is 6.65. The Balaban J connectivity index is 2.24. The lowest BCUT2D eigenvalue weighted by molar-refractivity contribution is -0.142. The van der Waals surface area contributed by atoms with Crippen LogP contribution in [0.3, 0.4) is 0 Å². The van der Waals surface area contributed by atoms with Gasteiger partial charge in [0.25, 0.3) is 0 Å². The number of hydrogen-bond donors (Lipinski definition) is 2. The van der Waals surface area contributed by atoms with Crippen molar-refractivity contribution in [2.45, 2.75) is 32.6 Å². The molecule has 4 heteroatoms. The van der Waals surface area contributed by atoms with Crippen molar-refractivity contribution in [1.82, 2.24) is 5.32 Å². The summed E-state index contributed by atoms with van der Waals surface area (Å²) in [5, 5.41) is 11.5. The lowest BCUT2D eigenvalue weighted by Gasteiger charge is -2.11. The second kappa shape index (κ2) is 4.98. The average molecular weight is 199 g/mol. The van der Waals surface area contributed by atoms with Crippen molar-refractivity contribution in [2.75, 3.05) is 6.54 Å². The Kier molecular flexibility index (Phi) is 3.92. The van der Waals surface area contributed by atoms with Crippen LogP contribution in [-0.2, 0) is 9.59 Å². The summed E-state index contributed by atoms with van der Waals surface area (Å²) in [6, 6.07) is 0. The molecule has 1 fully saturated rings. The van der Waals surface area contributed by atoms with Crippen molar-refractivity contribution in [2.24, 2.45) is 11.8 Å². The van der Waals surface area contributed by atoms with E-state index in [-0.39, 0.29) is 18.4 Å². The summed E-state index contributed by atoms with van der Waals surface area (Å²) in [7, 11) is 0. The molecule has 80 valence electrons. The van der Waals surface area contributed by atoms with Gasteiger partial charge in [0.1, 0.15) is 0 Å². The molecule has 0 radical (unpaired) electrons. The number of carboxylic acids is 1. The van der Waals surface area contributed by atoms with E-state index in [1.807, 2.05) is 6.92 Å². The summed E-state index contributed by atoms with van der Waals surface area (Å²) < 4.78 is 0. The van der Waals surface area contributed by atoms with E-state index in [2.05, 4.69) is 5.32 Å². The van der Waals surface area contributed by atoms with Crippen LogP contribution in [0.25, 0.3) is 0 Å². The minimum Gasteiger partial charge on any atom is -0.481 e. The van der Waals surface area contributed by atoms with Gasteiger partial charge in [-0.15, -0.1) is 0 Å². The van der Waals surface area contributed by atoms with Crippen LogP contribution in [0.2, 0.25) is 0 Å². The Bertz CT molecular complexity index is 223. The van der Waals surface area contributed by atoms with Crippen molar-refractivity contribution in [3.8, 4) is 0 Å². The zero-order valence-electron chi connectivity index (χ0n) is 8.45. The smallest absolute Gasteiger partial charge is 0.308 e. The minimum absolute atomic E-state index is 0.0207. The van der Waals surface area contributed by atoms with E-state index in [4.69, 9.17) is 5.11 Å². The summed E-state index contributed by atoms with van der Waals surface area (Å²) in [6.07, 6.45) is 3.37. The van der Waals surface area contributed by atoms with E-state index in [1.54, 1.807) is 0 Å². The van der Waals surface area contributed by atoms with Crippen LogP contribution in [0, 0.1) is 11.8 Å². The number of hydrogen-bond acceptors (Lipinski definition) is 2. The van der Waals surface area contributed by atoms with Gasteiger partial charge < -0.3 is 10.4 Å². The van der Waals surface area contributed by atoms with Gasteiger partial charge in [0.15, 0.2) is 0 Å². The summed E-state index contributed by atoms with van der Waals surface area (Å²) >= 11 is 0. The Labute approximate surface area is 83.7 Å². The van der Waals surface area contributed by atoms with Gasteiger partial charge in [-0.3, -0.25) is 9.59 Å². The largest absolute Gasteiger partial charge is 0.481 e. The molecule has 1 amide bonds. The highest BCUT2D eigenvalue weighted by Crippen LogP contribution is 2.28. The molecule has 0 spiro atoms. The molecule has 0 aromatic rings. The van der Waals surface area contributed by atoms with Crippen LogP contribution in [0.15, 0.2) is 0 Å². The van der Waals surface area contributed by atoms with E-state index in [0.717, 1.165) is 19.3 Å². The Morgan fingerprint density at radius 1 is 1.50 bits per heavy atom. The van der Waals surface area contributed by atoms with Gasteiger partial charge in [0.2, 0.25) is 5.91 Å². The number of rotatable bonds is 6. The molecule has 1 unspecified atom stereocenters. The van der Waals surface area contributed by atoms with Crippen LogP contribution in [0.1, 0.15) is 32.6 Å². The molecule has 0 aromatic carbocycles. The molecule has 0 aromatic heterocycles. The van der Waals surface area contributed by atoms with Gasteiger partial charge in [-0.1, -0.05) is 13.3 Å². The maximum absolute atomic E-state index is 11.2. The van der Waals surface area contributed by atoms with E-state index >= 15 is 0 Å². The van der Waals surface area contributed by atoms with Crippen LogP contribution >= 0.6 is 0 Å². The molecule has 14 heavy (non-hydrogen) atoms. The van der Waals surface area contributed by atoms with Crippen LogP contribution in [-0.4, -0.2) is 23.5 Å². The lowest BCUT2D eigenvalue weighted by atomic mass is 10.0. The SMILES string of the molecule is CCCC(CNC(=O)C1CC1)C(=O)O. The molecule has 4 nitrogen and oxygen atoms in total. The maximum atomic E-state index is 11.2. The van der Waals surface area contributed by atoms with Crippen molar-refractivity contribution in [1.29, 1.82) is 0 Å². The highest BCUT2D eigenvalue weighted by Gasteiger charge is 2.30. The molecular weight excluding hydrogens is 182 g/mol. The van der Waals surface area contributed by atoms with Gasteiger partial charge in [0.05, 0.1) is 5.92 Å². The predicted octanol–water partition coefficient (Wildman–Crippen LogP) is 1.01. The Morgan fingerprint density at radius 3 is 2.57 bits per heavy atom. The fourth-order valence-corrected chi connectivity index (χ4v) is 1.37. The normalized spacial score (nSPS) is 17.5. The molecule has 1 rings (SSSR count). The highest BCUT2D eigenvalue weighted by atomic mass is 16.4. The molecular formula is C10H17NO3. The van der Waals surface area contributed by atoms with Gasteiger partial charge in [0, 0.05) is 12.5 Å². The van der Waals surface area contributed by atoms with E-state index in [1.165, 1.54) is 0 Å². The van der Waals surface area contributed by atoms with Gasteiger partial charge >= 0.3 is 5.97 Å². The summed E-state index contributed by atoms with van der Waals surface area (Å²) in [5.74, 6) is -1.07. The van der Waals surface area contributed by atoms with Gasteiger partial charge in [-0.2, -0.15) is 0 Å². The van der Waals surface area contributed by atoms with E-state index in [9.17, 15) is 9.59 Å². The van der Waals surface area contributed by atoms with Gasteiger partial charge in [-0.05, 0) is 19.3 Å². The maximum Gasteiger partial charge on any atom is 0.308 e. The number of nitrogens with one attached hydrogen (secondary N) is 1. The van der Waals surface area contributed by atoms with Crippen molar-refractivity contribution in [3.63, 3.8) is 0 Å². The molecule has 0 aliphatic heterocycles. The second-order valence-corrected chi connectivity index (χ2v) is 3.84.